The molecule has 0 heterocycles. The number of halogens is 3. The van der Waals surface area contributed by atoms with Crippen molar-refractivity contribution in [3.05, 3.63) is 68.8 Å². The van der Waals surface area contributed by atoms with Crippen LogP contribution >= 0.6 is 0 Å². The molecule has 0 aromatic heterocycles. The standard InChI is InChI=1S/C16H11F3N2O5/c1-8-5-6-9(7-11(8)16(17,18)19)20-14(22)10-3-2-4-12(21(25)26)13(10)15(23)24/h2-7H,1H3,(H,20,22)(H,23,24). The zero-order chi connectivity index (χ0) is 19.6. The molecule has 0 aliphatic heterocycles. The number of nitro groups is 1. The van der Waals surface area contributed by atoms with Crippen LogP contribution in [0.2, 0.25) is 0 Å². The fourth-order valence-corrected chi connectivity index (χ4v) is 2.31. The predicted molar refractivity (Wildman–Crippen MR) is 84.2 cm³/mol. The monoisotopic (exact) mass is 368 g/mol. The van der Waals surface area contributed by atoms with Gasteiger partial charge >= 0.3 is 12.1 Å². The highest BCUT2D eigenvalue weighted by Gasteiger charge is 2.33. The second-order valence-electron chi connectivity index (χ2n) is 5.24. The summed E-state index contributed by atoms with van der Waals surface area (Å²) in [5, 5.41) is 22.2. The SMILES string of the molecule is Cc1ccc(NC(=O)c2cccc([N+](=O)[O-])c2C(=O)O)cc1C(F)(F)F. The van der Waals surface area contributed by atoms with Crippen molar-refractivity contribution in [1.29, 1.82) is 0 Å². The van der Waals surface area contributed by atoms with E-state index in [9.17, 15) is 32.9 Å². The van der Waals surface area contributed by atoms with Crippen LogP contribution in [0.15, 0.2) is 36.4 Å². The minimum absolute atomic E-state index is 0.0583. The van der Waals surface area contributed by atoms with E-state index in [1.54, 1.807) is 0 Å². The highest BCUT2D eigenvalue weighted by Crippen LogP contribution is 2.33. The molecular weight excluding hydrogens is 357 g/mol. The van der Waals surface area contributed by atoms with E-state index in [1.807, 2.05) is 0 Å². The maximum atomic E-state index is 12.9. The number of nitrogens with zero attached hydrogens (tertiary/aromatic N) is 1. The first-order valence-corrected chi connectivity index (χ1v) is 7.02. The van der Waals surface area contributed by atoms with Gasteiger partial charge < -0.3 is 10.4 Å². The van der Waals surface area contributed by atoms with Gasteiger partial charge in [0, 0.05) is 11.8 Å². The summed E-state index contributed by atoms with van der Waals surface area (Å²) in [6.07, 6.45) is -4.64. The molecule has 0 spiro atoms. The molecule has 7 nitrogen and oxygen atoms in total. The van der Waals surface area contributed by atoms with Crippen molar-refractivity contribution in [3.8, 4) is 0 Å². The van der Waals surface area contributed by atoms with Crippen LogP contribution in [0, 0.1) is 17.0 Å². The molecule has 0 aliphatic carbocycles. The third-order valence-corrected chi connectivity index (χ3v) is 3.50. The number of aryl methyl sites for hydroxylation is 1. The third-order valence-electron chi connectivity index (χ3n) is 3.50. The van der Waals surface area contributed by atoms with E-state index in [4.69, 9.17) is 5.11 Å². The van der Waals surface area contributed by atoms with Crippen LogP contribution < -0.4 is 5.32 Å². The normalized spacial score (nSPS) is 11.1. The minimum atomic E-state index is -4.64. The number of carboxylic acids is 1. The molecule has 2 rings (SSSR count). The second kappa shape index (κ2) is 6.82. The van der Waals surface area contributed by atoms with Crippen molar-refractivity contribution in [2.75, 3.05) is 5.32 Å². The molecule has 0 fully saturated rings. The summed E-state index contributed by atoms with van der Waals surface area (Å²) in [5.41, 5.74) is -3.44. The first-order chi connectivity index (χ1) is 12.0. The third kappa shape index (κ3) is 3.79. The fraction of sp³-hybridized carbons (Fsp3) is 0.125. The summed E-state index contributed by atoms with van der Waals surface area (Å²) in [5.74, 6) is -2.79. The Morgan fingerprint density at radius 2 is 1.85 bits per heavy atom. The van der Waals surface area contributed by atoms with Crippen LogP contribution in [0.3, 0.4) is 0 Å². The number of hydrogen-bond donors (Lipinski definition) is 2. The lowest BCUT2D eigenvalue weighted by Gasteiger charge is -2.13. The Bertz CT molecular complexity index is 909. The minimum Gasteiger partial charge on any atom is -0.477 e. The number of nitro benzene ring substituents is 1. The van der Waals surface area contributed by atoms with Gasteiger partial charge in [-0.25, -0.2) is 4.79 Å². The molecule has 0 radical (unpaired) electrons. The predicted octanol–water partition coefficient (Wildman–Crippen LogP) is 3.87. The zero-order valence-electron chi connectivity index (χ0n) is 13.1. The highest BCUT2D eigenvalue weighted by atomic mass is 19.4. The highest BCUT2D eigenvalue weighted by molar-refractivity contribution is 6.12. The molecule has 2 aromatic rings. The molecule has 136 valence electrons. The van der Waals surface area contributed by atoms with Crippen LogP contribution in [0.25, 0.3) is 0 Å². The molecule has 0 aliphatic rings. The quantitative estimate of drug-likeness (QED) is 0.629. The number of amides is 1. The molecule has 0 unspecified atom stereocenters. The first kappa shape index (κ1) is 18.9. The molecule has 0 bridgehead atoms. The Balaban J connectivity index is 2.45. The Morgan fingerprint density at radius 3 is 2.38 bits per heavy atom. The molecule has 2 aromatic carbocycles. The summed E-state index contributed by atoms with van der Waals surface area (Å²) in [6, 6.07) is 6.10. The number of carbonyl (C=O) groups is 2. The summed E-state index contributed by atoms with van der Waals surface area (Å²) < 4.78 is 38.8. The Labute approximate surface area is 144 Å². The number of carboxylic acid groups (broad SMARTS) is 1. The first-order valence-electron chi connectivity index (χ1n) is 7.02. The van der Waals surface area contributed by atoms with Crippen molar-refractivity contribution in [2.24, 2.45) is 0 Å². The molecule has 0 saturated heterocycles. The average molecular weight is 368 g/mol. The number of benzene rings is 2. The van der Waals surface area contributed by atoms with Gasteiger partial charge in [0.05, 0.1) is 16.1 Å². The van der Waals surface area contributed by atoms with Crippen LogP contribution in [-0.4, -0.2) is 21.9 Å². The molecule has 0 atom stereocenters. The topological polar surface area (TPSA) is 110 Å². The van der Waals surface area contributed by atoms with Crippen LogP contribution in [0.4, 0.5) is 24.5 Å². The number of nitrogens with one attached hydrogen (secondary N) is 1. The van der Waals surface area contributed by atoms with Crippen LogP contribution in [-0.2, 0) is 6.18 Å². The van der Waals surface area contributed by atoms with Gasteiger partial charge in [-0.15, -0.1) is 0 Å². The maximum absolute atomic E-state index is 12.9. The van der Waals surface area contributed by atoms with E-state index in [2.05, 4.69) is 5.32 Å². The van der Waals surface area contributed by atoms with E-state index in [0.29, 0.717) is 6.07 Å². The molecule has 10 heteroatoms. The smallest absolute Gasteiger partial charge is 0.416 e. The lowest BCUT2D eigenvalue weighted by molar-refractivity contribution is -0.385. The van der Waals surface area contributed by atoms with Crippen molar-refractivity contribution in [2.45, 2.75) is 13.1 Å². The van der Waals surface area contributed by atoms with Crippen molar-refractivity contribution < 1.29 is 32.8 Å². The van der Waals surface area contributed by atoms with E-state index in [0.717, 1.165) is 24.3 Å². The van der Waals surface area contributed by atoms with Crippen LogP contribution in [0.1, 0.15) is 31.8 Å². The Morgan fingerprint density at radius 1 is 1.19 bits per heavy atom. The fourth-order valence-electron chi connectivity index (χ4n) is 2.31. The van der Waals surface area contributed by atoms with E-state index in [-0.39, 0.29) is 11.3 Å². The maximum Gasteiger partial charge on any atom is 0.416 e. The van der Waals surface area contributed by atoms with Gasteiger partial charge in [-0.3, -0.25) is 14.9 Å². The van der Waals surface area contributed by atoms with Gasteiger partial charge in [0.1, 0.15) is 5.56 Å². The average Bonchev–Trinajstić information content (AvgIpc) is 2.54. The van der Waals surface area contributed by atoms with Gasteiger partial charge in [-0.05, 0) is 30.7 Å². The zero-order valence-corrected chi connectivity index (χ0v) is 13.1. The lowest BCUT2D eigenvalue weighted by atomic mass is 10.0. The number of anilines is 1. The molecular formula is C16H11F3N2O5. The number of alkyl halides is 3. The molecule has 1 amide bonds. The largest absolute Gasteiger partial charge is 0.477 e. The summed E-state index contributed by atoms with van der Waals surface area (Å²) in [4.78, 5) is 33.6. The van der Waals surface area contributed by atoms with Gasteiger partial charge in [-0.1, -0.05) is 12.1 Å². The van der Waals surface area contributed by atoms with E-state index in [1.165, 1.54) is 13.0 Å². The number of carbonyl (C=O) groups excluding carboxylic acids is 1. The molecule has 26 heavy (non-hydrogen) atoms. The Kier molecular flexibility index (Phi) is 4.96. The van der Waals surface area contributed by atoms with E-state index >= 15 is 0 Å². The summed E-state index contributed by atoms with van der Waals surface area (Å²) >= 11 is 0. The number of aromatic carboxylic acids is 1. The number of rotatable bonds is 4. The van der Waals surface area contributed by atoms with Gasteiger partial charge in [-0.2, -0.15) is 13.2 Å². The second-order valence-corrected chi connectivity index (χ2v) is 5.24. The van der Waals surface area contributed by atoms with Crippen molar-refractivity contribution in [3.63, 3.8) is 0 Å². The lowest BCUT2D eigenvalue weighted by Crippen LogP contribution is -2.18. The molecule has 2 N–H and O–H groups in total. The van der Waals surface area contributed by atoms with Crippen molar-refractivity contribution in [1.82, 2.24) is 0 Å². The van der Waals surface area contributed by atoms with Crippen molar-refractivity contribution >= 4 is 23.3 Å². The summed E-state index contributed by atoms with van der Waals surface area (Å²) in [6.45, 7) is 1.25. The molecule has 0 saturated carbocycles. The van der Waals surface area contributed by atoms with Gasteiger partial charge in [0.2, 0.25) is 0 Å². The summed E-state index contributed by atoms with van der Waals surface area (Å²) in [7, 11) is 0. The van der Waals surface area contributed by atoms with Gasteiger partial charge in [0.25, 0.3) is 11.6 Å². The Hall–Kier alpha value is -3.43. The van der Waals surface area contributed by atoms with E-state index < -0.39 is 45.4 Å². The van der Waals surface area contributed by atoms with Gasteiger partial charge in [0.15, 0.2) is 0 Å². The van der Waals surface area contributed by atoms with Crippen LogP contribution in [0.5, 0.6) is 0 Å². The number of hydrogen-bond acceptors (Lipinski definition) is 4.